The molecule has 5 nitrogen and oxygen atoms in total. The quantitative estimate of drug-likeness (QED) is 0.846. The van der Waals surface area contributed by atoms with Gasteiger partial charge in [0.15, 0.2) is 5.69 Å². The van der Waals surface area contributed by atoms with E-state index in [9.17, 15) is 4.79 Å². The number of ether oxygens (including phenoxy) is 1. The van der Waals surface area contributed by atoms with Crippen LogP contribution in [0.4, 0.5) is 0 Å². The van der Waals surface area contributed by atoms with E-state index in [-0.39, 0.29) is 5.91 Å². The van der Waals surface area contributed by atoms with Crippen LogP contribution in [0.2, 0.25) is 5.02 Å². The number of carbonyl (C=O) groups excluding carboxylic acids is 1. The maximum absolute atomic E-state index is 12.4. The van der Waals surface area contributed by atoms with Crippen LogP contribution in [0.5, 0.6) is 5.75 Å². The predicted octanol–water partition coefficient (Wildman–Crippen LogP) is 3.49. The van der Waals surface area contributed by atoms with Crippen molar-refractivity contribution in [3.05, 3.63) is 46.3 Å². The fourth-order valence-electron chi connectivity index (χ4n) is 2.34. The molecule has 1 aromatic heterocycles. The highest BCUT2D eigenvalue weighted by Crippen LogP contribution is 2.40. The van der Waals surface area contributed by atoms with Crippen molar-refractivity contribution in [1.82, 2.24) is 10.1 Å². The largest absolute Gasteiger partial charge is 0.496 e. The second-order valence-electron chi connectivity index (χ2n) is 5.51. The maximum atomic E-state index is 12.4. The Morgan fingerprint density at radius 3 is 2.91 bits per heavy atom. The highest BCUT2D eigenvalue weighted by Gasteiger charge is 2.29. The highest BCUT2D eigenvalue weighted by molar-refractivity contribution is 6.30. The summed E-state index contributed by atoms with van der Waals surface area (Å²) in [6.07, 6.45) is 2.22. The molecule has 1 saturated carbocycles. The smallest absolute Gasteiger partial charge is 0.276 e. The first kappa shape index (κ1) is 14.9. The number of rotatable bonds is 5. The van der Waals surface area contributed by atoms with Crippen molar-refractivity contribution < 1.29 is 14.1 Å². The Balaban J connectivity index is 1.74. The molecule has 1 aromatic carbocycles. The fraction of sp³-hybridized carbons (Fsp3) is 0.375. The van der Waals surface area contributed by atoms with Crippen molar-refractivity contribution in [3.8, 4) is 5.75 Å². The number of amides is 1. The van der Waals surface area contributed by atoms with E-state index in [1.165, 1.54) is 0 Å². The normalized spacial score (nSPS) is 14.0. The van der Waals surface area contributed by atoms with E-state index < -0.39 is 0 Å². The SMILES string of the molecule is COc1ccc(Cl)cc1CN(C)C(=O)c1cc(C2CC2)on1. The van der Waals surface area contributed by atoms with Crippen molar-refractivity contribution in [2.24, 2.45) is 0 Å². The molecule has 0 atom stereocenters. The Kier molecular flexibility index (Phi) is 4.07. The minimum Gasteiger partial charge on any atom is -0.496 e. The van der Waals surface area contributed by atoms with Gasteiger partial charge in [-0.05, 0) is 31.0 Å². The van der Waals surface area contributed by atoms with E-state index in [4.69, 9.17) is 20.9 Å². The number of methoxy groups -OCH3 is 1. The molecule has 0 spiro atoms. The van der Waals surface area contributed by atoms with Crippen LogP contribution in [0.3, 0.4) is 0 Å². The van der Waals surface area contributed by atoms with Crippen LogP contribution >= 0.6 is 11.6 Å². The first-order chi connectivity index (χ1) is 10.6. The molecule has 0 saturated heterocycles. The minimum absolute atomic E-state index is 0.183. The molecule has 22 heavy (non-hydrogen) atoms. The van der Waals surface area contributed by atoms with Gasteiger partial charge in [0, 0.05) is 36.2 Å². The van der Waals surface area contributed by atoms with Gasteiger partial charge >= 0.3 is 0 Å². The topological polar surface area (TPSA) is 55.6 Å². The maximum Gasteiger partial charge on any atom is 0.276 e. The van der Waals surface area contributed by atoms with Gasteiger partial charge in [0.1, 0.15) is 11.5 Å². The molecule has 6 heteroatoms. The molecule has 116 valence electrons. The third-order valence-electron chi connectivity index (χ3n) is 3.72. The second-order valence-corrected chi connectivity index (χ2v) is 5.94. The Hall–Kier alpha value is -2.01. The standard InChI is InChI=1S/C16H17ClN2O3/c1-19(9-11-7-12(17)5-6-14(11)21-2)16(20)13-8-15(22-18-13)10-3-4-10/h5-8,10H,3-4,9H2,1-2H3. The molecule has 0 aliphatic heterocycles. The molecule has 0 bridgehead atoms. The molecule has 0 unspecified atom stereocenters. The number of halogens is 1. The summed E-state index contributed by atoms with van der Waals surface area (Å²) in [4.78, 5) is 14.0. The average Bonchev–Trinajstić information content (AvgIpc) is 3.24. The second kappa shape index (κ2) is 6.01. The third kappa shape index (κ3) is 3.09. The lowest BCUT2D eigenvalue weighted by molar-refractivity contribution is 0.0774. The van der Waals surface area contributed by atoms with Crippen LogP contribution in [0, 0.1) is 0 Å². The summed E-state index contributed by atoms with van der Waals surface area (Å²) in [5.74, 6) is 1.75. The van der Waals surface area contributed by atoms with Gasteiger partial charge in [-0.3, -0.25) is 4.79 Å². The number of carbonyl (C=O) groups is 1. The van der Waals surface area contributed by atoms with E-state index >= 15 is 0 Å². The molecule has 0 N–H and O–H groups in total. The molecule has 2 aromatic rings. The summed E-state index contributed by atoms with van der Waals surface area (Å²) < 4.78 is 10.5. The summed E-state index contributed by atoms with van der Waals surface area (Å²) >= 11 is 6.01. The lowest BCUT2D eigenvalue weighted by atomic mass is 10.2. The third-order valence-corrected chi connectivity index (χ3v) is 3.96. The van der Waals surface area contributed by atoms with E-state index in [1.54, 1.807) is 43.3 Å². The van der Waals surface area contributed by atoms with Gasteiger partial charge in [0.25, 0.3) is 5.91 Å². The fourth-order valence-corrected chi connectivity index (χ4v) is 2.54. The molecule has 1 amide bonds. The number of hydrogen-bond donors (Lipinski definition) is 0. The summed E-state index contributed by atoms with van der Waals surface area (Å²) in [7, 11) is 3.31. The summed E-state index contributed by atoms with van der Waals surface area (Å²) in [5.41, 5.74) is 1.18. The number of nitrogens with zero attached hydrogens (tertiary/aromatic N) is 2. The van der Waals surface area contributed by atoms with Crippen LogP contribution in [-0.2, 0) is 6.54 Å². The van der Waals surface area contributed by atoms with Crippen LogP contribution in [0.1, 0.15) is 40.6 Å². The van der Waals surface area contributed by atoms with Gasteiger partial charge in [0.2, 0.25) is 0 Å². The lowest BCUT2D eigenvalue weighted by Crippen LogP contribution is -2.26. The molecular formula is C16H17ClN2O3. The molecule has 1 aliphatic rings. The summed E-state index contributed by atoms with van der Waals surface area (Å²) in [5, 5.41) is 4.48. The minimum atomic E-state index is -0.183. The molecular weight excluding hydrogens is 304 g/mol. The summed E-state index contributed by atoms with van der Waals surface area (Å²) in [6.45, 7) is 0.383. The van der Waals surface area contributed by atoms with Gasteiger partial charge < -0.3 is 14.2 Å². The van der Waals surface area contributed by atoms with E-state index in [2.05, 4.69) is 5.16 Å². The highest BCUT2D eigenvalue weighted by atomic mass is 35.5. The Morgan fingerprint density at radius 1 is 1.45 bits per heavy atom. The Labute approximate surface area is 133 Å². The zero-order chi connectivity index (χ0) is 15.7. The van der Waals surface area contributed by atoms with E-state index in [0.29, 0.717) is 28.9 Å². The first-order valence-corrected chi connectivity index (χ1v) is 7.50. The Morgan fingerprint density at radius 2 is 2.23 bits per heavy atom. The van der Waals surface area contributed by atoms with Gasteiger partial charge in [-0.2, -0.15) is 0 Å². The van der Waals surface area contributed by atoms with Crippen LogP contribution < -0.4 is 4.74 Å². The zero-order valence-electron chi connectivity index (χ0n) is 12.5. The molecule has 1 fully saturated rings. The monoisotopic (exact) mass is 320 g/mol. The van der Waals surface area contributed by atoms with Gasteiger partial charge in [-0.25, -0.2) is 0 Å². The first-order valence-electron chi connectivity index (χ1n) is 7.13. The molecule has 1 heterocycles. The Bertz CT molecular complexity index is 694. The van der Waals surface area contributed by atoms with E-state index in [1.807, 2.05) is 0 Å². The lowest BCUT2D eigenvalue weighted by Gasteiger charge is -2.17. The van der Waals surface area contributed by atoms with Crippen molar-refractivity contribution in [2.45, 2.75) is 25.3 Å². The van der Waals surface area contributed by atoms with Crippen molar-refractivity contribution in [3.63, 3.8) is 0 Å². The van der Waals surface area contributed by atoms with Crippen molar-refractivity contribution >= 4 is 17.5 Å². The van der Waals surface area contributed by atoms with E-state index in [0.717, 1.165) is 24.2 Å². The molecule has 0 radical (unpaired) electrons. The van der Waals surface area contributed by atoms with Gasteiger partial charge in [-0.1, -0.05) is 16.8 Å². The van der Waals surface area contributed by atoms with Crippen LogP contribution in [-0.4, -0.2) is 30.1 Å². The summed E-state index contributed by atoms with van der Waals surface area (Å²) in [6, 6.07) is 7.08. The number of aromatic nitrogens is 1. The van der Waals surface area contributed by atoms with Gasteiger partial charge in [-0.15, -0.1) is 0 Å². The van der Waals surface area contributed by atoms with Gasteiger partial charge in [0.05, 0.1) is 7.11 Å². The van der Waals surface area contributed by atoms with Crippen molar-refractivity contribution in [2.75, 3.05) is 14.2 Å². The molecule has 3 rings (SSSR count). The number of benzene rings is 1. The number of hydrogen-bond acceptors (Lipinski definition) is 4. The predicted molar refractivity (Wildman–Crippen MR) is 82.3 cm³/mol. The van der Waals surface area contributed by atoms with Crippen LogP contribution in [0.15, 0.2) is 28.8 Å². The molecule has 1 aliphatic carbocycles. The van der Waals surface area contributed by atoms with Crippen molar-refractivity contribution in [1.29, 1.82) is 0 Å². The van der Waals surface area contributed by atoms with Crippen LogP contribution in [0.25, 0.3) is 0 Å². The average molecular weight is 321 g/mol. The zero-order valence-corrected chi connectivity index (χ0v) is 13.3.